The molecule has 3 aromatic rings. The van der Waals surface area contributed by atoms with Gasteiger partial charge in [0.15, 0.2) is 0 Å². The summed E-state index contributed by atoms with van der Waals surface area (Å²) in [6, 6.07) is 13.4. The molecule has 0 saturated carbocycles. The predicted octanol–water partition coefficient (Wildman–Crippen LogP) is 3.31. The van der Waals surface area contributed by atoms with Crippen LogP contribution in [0.25, 0.3) is 5.65 Å². The van der Waals surface area contributed by atoms with Gasteiger partial charge in [-0.1, -0.05) is 18.2 Å². The molecule has 2 aromatic heterocycles. The Labute approximate surface area is 123 Å². The summed E-state index contributed by atoms with van der Waals surface area (Å²) in [5, 5.41) is 0. The molecular formula is C17H17N3O. The summed E-state index contributed by atoms with van der Waals surface area (Å²) in [4.78, 5) is 18.9. The fourth-order valence-corrected chi connectivity index (χ4v) is 2.45. The molecule has 4 nitrogen and oxygen atoms in total. The smallest absolute Gasteiger partial charge is 0.259 e. The zero-order chi connectivity index (χ0) is 14.8. The molecule has 2 heterocycles. The molecule has 0 aliphatic carbocycles. The summed E-state index contributed by atoms with van der Waals surface area (Å²) in [7, 11) is 0. The maximum absolute atomic E-state index is 12.7. The van der Waals surface area contributed by atoms with Crippen LogP contribution in [0.1, 0.15) is 23.0 Å². The number of carbonyl (C=O) groups excluding carboxylic acids is 1. The quantitative estimate of drug-likeness (QED) is 0.737. The molecule has 1 aromatic carbocycles. The average molecular weight is 279 g/mol. The molecule has 106 valence electrons. The molecule has 0 unspecified atom stereocenters. The lowest BCUT2D eigenvalue weighted by molar-refractivity contribution is 0.0988. The van der Waals surface area contributed by atoms with Crippen LogP contribution in [0.15, 0.2) is 54.9 Å². The third-order valence-electron chi connectivity index (χ3n) is 3.45. The number of rotatable bonds is 3. The molecule has 4 heteroatoms. The minimum absolute atomic E-state index is 0.00282. The Kier molecular flexibility index (Phi) is 3.44. The molecule has 3 rings (SSSR count). The minimum atomic E-state index is -0.00282. The number of benzene rings is 1. The van der Waals surface area contributed by atoms with Crippen LogP contribution in [0.3, 0.4) is 0 Å². The van der Waals surface area contributed by atoms with Crippen LogP contribution in [-0.2, 0) is 0 Å². The Morgan fingerprint density at radius 1 is 1.14 bits per heavy atom. The third-order valence-corrected chi connectivity index (χ3v) is 3.45. The molecule has 21 heavy (non-hydrogen) atoms. The zero-order valence-corrected chi connectivity index (χ0v) is 12.2. The van der Waals surface area contributed by atoms with E-state index in [1.807, 2.05) is 73.1 Å². The van der Waals surface area contributed by atoms with E-state index in [9.17, 15) is 4.79 Å². The van der Waals surface area contributed by atoms with Crippen molar-refractivity contribution in [3.05, 3.63) is 66.1 Å². The summed E-state index contributed by atoms with van der Waals surface area (Å²) in [6.45, 7) is 4.55. The summed E-state index contributed by atoms with van der Waals surface area (Å²) in [5.74, 6) is -0.00282. The van der Waals surface area contributed by atoms with Gasteiger partial charge in [-0.15, -0.1) is 0 Å². The molecule has 0 radical (unpaired) electrons. The molecule has 1 amide bonds. The van der Waals surface area contributed by atoms with E-state index >= 15 is 0 Å². The Morgan fingerprint density at radius 3 is 2.62 bits per heavy atom. The first-order valence-corrected chi connectivity index (χ1v) is 7.01. The lowest BCUT2D eigenvalue weighted by atomic mass is 10.2. The second-order valence-electron chi connectivity index (χ2n) is 4.95. The van der Waals surface area contributed by atoms with Gasteiger partial charge in [-0.05, 0) is 38.1 Å². The largest absolute Gasteiger partial charge is 0.309 e. The van der Waals surface area contributed by atoms with E-state index in [-0.39, 0.29) is 5.91 Å². The highest BCUT2D eigenvalue weighted by Crippen LogP contribution is 2.17. The number of carbonyl (C=O) groups is 1. The Hall–Kier alpha value is -2.62. The molecule has 0 aliphatic rings. The average Bonchev–Trinajstić information content (AvgIpc) is 2.88. The van der Waals surface area contributed by atoms with Gasteiger partial charge in [-0.25, -0.2) is 4.98 Å². The first kappa shape index (κ1) is 13.4. The maximum Gasteiger partial charge on any atom is 0.259 e. The molecule has 0 saturated heterocycles. The Morgan fingerprint density at radius 2 is 1.90 bits per heavy atom. The first-order valence-electron chi connectivity index (χ1n) is 7.01. The lowest BCUT2D eigenvalue weighted by Crippen LogP contribution is -2.30. The molecule has 0 atom stereocenters. The monoisotopic (exact) mass is 279 g/mol. The normalized spacial score (nSPS) is 10.8. The van der Waals surface area contributed by atoms with Crippen molar-refractivity contribution in [2.24, 2.45) is 0 Å². The minimum Gasteiger partial charge on any atom is -0.309 e. The number of hydrogen-bond acceptors (Lipinski definition) is 2. The number of amides is 1. The van der Waals surface area contributed by atoms with Crippen molar-refractivity contribution in [1.29, 1.82) is 0 Å². The highest BCUT2D eigenvalue weighted by Gasteiger charge is 2.16. The van der Waals surface area contributed by atoms with Crippen LogP contribution in [0.4, 0.5) is 5.69 Å². The van der Waals surface area contributed by atoms with Gasteiger partial charge in [-0.2, -0.15) is 0 Å². The van der Waals surface area contributed by atoms with Gasteiger partial charge in [-0.3, -0.25) is 4.79 Å². The van der Waals surface area contributed by atoms with Crippen molar-refractivity contribution in [3.63, 3.8) is 0 Å². The third kappa shape index (κ3) is 2.52. The number of imidazole rings is 1. The first-order chi connectivity index (χ1) is 10.2. The van der Waals surface area contributed by atoms with E-state index in [1.165, 1.54) is 0 Å². The van der Waals surface area contributed by atoms with Gasteiger partial charge in [0.25, 0.3) is 5.91 Å². The van der Waals surface area contributed by atoms with E-state index in [1.54, 1.807) is 4.90 Å². The number of aryl methyl sites for hydroxylation is 1. The van der Waals surface area contributed by atoms with Crippen molar-refractivity contribution < 1.29 is 4.79 Å². The molecule has 0 bridgehead atoms. The fraction of sp³-hybridized carbons (Fsp3) is 0.176. The van der Waals surface area contributed by atoms with E-state index in [0.29, 0.717) is 12.1 Å². The van der Waals surface area contributed by atoms with Gasteiger partial charge >= 0.3 is 0 Å². The van der Waals surface area contributed by atoms with Gasteiger partial charge in [0, 0.05) is 24.6 Å². The van der Waals surface area contributed by atoms with Gasteiger partial charge < -0.3 is 9.30 Å². The topological polar surface area (TPSA) is 37.6 Å². The van der Waals surface area contributed by atoms with Gasteiger partial charge in [0.05, 0.1) is 11.3 Å². The SMILES string of the molecule is CCN(C(=O)c1ccc2nc(C)cn2c1)c1ccccc1. The van der Waals surface area contributed by atoms with E-state index in [2.05, 4.69) is 4.98 Å². The van der Waals surface area contributed by atoms with Crippen LogP contribution >= 0.6 is 0 Å². The number of anilines is 1. The Balaban J connectivity index is 1.98. The van der Waals surface area contributed by atoms with Crippen molar-refractivity contribution >= 4 is 17.2 Å². The number of nitrogens with zero attached hydrogens (tertiary/aromatic N) is 3. The van der Waals surface area contributed by atoms with E-state index < -0.39 is 0 Å². The number of hydrogen-bond donors (Lipinski definition) is 0. The summed E-state index contributed by atoms with van der Waals surface area (Å²) >= 11 is 0. The summed E-state index contributed by atoms with van der Waals surface area (Å²) < 4.78 is 1.89. The maximum atomic E-state index is 12.7. The summed E-state index contributed by atoms with van der Waals surface area (Å²) in [5.41, 5.74) is 3.36. The number of para-hydroxylation sites is 1. The number of pyridine rings is 1. The lowest BCUT2D eigenvalue weighted by Gasteiger charge is -2.21. The van der Waals surface area contributed by atoms with Crippen molar-refractivity contribution in [2.75, 3.05) is 11.4 Å². The molecule has 0 aliphatic heterocycles. The van der Waals surface area contributed by atoms with Crippen molar-refractivity contribution in [1.82, 2.24) is 9.38 Å². The standard InChI is InChI=1S/C17H17N3O/c1-3-20(15-7-5-4-6-8-15)17(21)14-9-10-16-18-13(2)11-19(16)12-14/h4-12H,3H2,1-2H3. The fourth-order valence-electron chi connectivity index (χ4n) is 2.45. The highest BCUT2D eigenvalue weighted by molar-refractivity contribution is 6.06. The molecular weight excluding hydrogens is 262 g/mol. The van der Waals surface area contributed by atoms with Crippen LogP contribution in [0.5, 0.6) is 0 Å². The Bertz CT molecular complexity index is 777. The molecule has 0 N–H and O–H groups in total. The second-order valence-corrected chi connectivity index (χ2v) is 4.95. The molecule has 0 fully saturated rings. The van der Waals surface area contributed by atoms with Crippen LogP contribution in [-0.4, -0.2) is 21.8 Å². The number of fused-ring (bicyclic) bond motifs is 1. The summed E-state index contributed by atoms with van der Waals surface area (Å²) in [6.07, 6.45) is 3.76. The zero-order valence-electron chi connectivity index (χ0n) is 12.2. The van der Waals surface area contributed by atoms with Gasteiger partial charge in [0.1, 0.15) is 5.65 Å². The number of aromatic nitrogens is 2. The van der Waals surface area contributed by atoms with Crippen LogP contribution < -0.4 is 4.90 Å². The van der Waals surface area contributed by atoms with Crippen molar-refractivity contribution in [3.8, 4) is 0 Å². The van der Waals surface area contributed by atoms with Crippen molar-refractivity contribution in [2.45, 2.75) is 13.8 Å². The van der Waals surface area contributed by atoms with E-state index in [4.69, 9.17) is 0 Å². The predicted molar refractivity (Wildman–Crippen MR) is 83.7 cm³/mol. The molecule has 0 spiro atoms. The second kappa shape index (κ2) is 5.40. The van der Waals surface area contributed by atoms with Crippen LogP contribution in [0, 0.1) is 6.92 Å². The van der Waals surface area contributed by atoms with Crippen LogP contribution in [0.2, 0.25) is 0 Å². The van der Waals surface area contributed by atoms with E-state index in [0.717, 1.165) is 17.0 Å². The highest BCUT2D eigenvalue weighted by atomic mass is 16.2. The van der Waals surface area contributed by atoms with Gasteiger partial charge in [0.2, 0.25) is 0 Å².